The van der Waals surface area contributed by atoms with Crippen molar-refractivity contribution in [1.29, 1.82) is 0 Å². The first kappa shape index (κ1) is 17.9. The summed E-state index contributed by atoms with van der Waals surface area (Å²) in [5.41, 5.74) is 0.922. The highest BCUT2D eigenvalue weighted by molar-refractivity contribution is 7.92. The molecule has 0 spiro atoms. The number of nitrogens with zero attached hydrogens (tertiary/aromatic N) is 1. The molecule has 0 amide bonds. The van der Waals surface area contributed by atoms with Gasteiger partial charge < -0.3 is 4.74 Å². The van der Waals surface area contributed by atoms with Gasteiger partial charge in [0, 0.05) is 5.56 Å². The van der Waals surface area contributed by atoms with E-state index in [-0.39, 0.29) is 18.7 Å². The molecule has 7 heteroatoms. The summed E-state index contributed by atoms with van der Waals surface area (Å²) in [6, 6.07) is 11.9. The Bertz CT molecular complexity index is 819. The van der Waals surface area contributed by atoms with Crippen molar-refractivity contribution in [3.8, 4) is 0 Å². The minimum Gasteiger partial charge on any atom is -0.462 e. The number of hydrogen-bond acceptors (Lipinski definition) is 4. The smallest absolute Gasteiger partial charge is 0.338 e. The predicted molar refractivity (Wildman–Crippen MR) is 89.8 cm³/mol. The van der Waals surface area contributed by atoms with Gasteiger partial charge >= 0.3 is 5.97 Å². The van der Waals surface area contributed by atoms with E-state index in [9.17, 15) is 17.6 Å². The molecule has 0 atom stereocenters. The Morgan fingerprint density at radius 1 is 1.12 bits per heavy atom. The van der Waals surface area contributed by atoms with Crippen LogP contribution in [0.1, 0.15) is 22.8 Å². The summed E-state index contributed by atoms with van der Waals surface area (Å²) in [5.74, 6) is -0.960. The van der Waals surface area contributed by atoms with Crippen molar-refractivity contribution in [2.24, 2.45) is 0 Å². The van der Waals surface area contributed by atoms with Gasteiger partial charge in [-0.3, -0.25) is 4.31 Å². The summed E-state index contributed by atoms with van der Waals surface area (Å²) in [4.78, 5) is 11.7. The first-order valence-corrected chi connectivity index (χ1v) is 9.16. The Morgan fingerprint density at radius 2 is 1.75 bits per heavy atom. The molecule has 0 saturated carbocycles. The molecular formula is C17H18FNO4S. The van der Waals surface area contributed by atoms with Crippen LogP contribution in [0.2, 0.25) is 0 Å². The fraction of sp³-hybridized carbons (Fsp3) is 0.235. The van der Waals surface area contributed by atoms with Gasteiger partial charge in [0.2, 0.25) is 10.0 Å². The van der Waals surface area contributed by atoms with Crippen LogP contribution < -0.4 is 4.31 Å². The molecule has 2 aromatic rings. The van der Waals surface area contributed by atoms with Crippen molar-refractivity contribution in [2.75, 3.05) is 17.2 Å². The first-order valence-electron chi connectivity index (χ1n) is 7.31. The van der Waals surface area contributed by atoms with Crippen LogP contribution in [-0.4, -0.2) is 27.2 Å². The van der Waals surface area contributed by atoms with E-state index in [1.54, 1.807) is 13.0 Å². The number of hydrogen-bond donors (Lipinski definition) is 0. The number of ether oxygens (including phenoxy) is 1. The highest BCUT2D eigenvalue weighted by Gasteiger charge is 2.20. The van der Waals surface area contributed by atoms with Crippen molar-refractivity contribution < 1.29 is 22.3 Å². The van der Waals surface area contributed by atoms with Crippen LogP contribution in [0.15, 0.2) is 48.5 Å². The van der Waals surface area contributed by atoms with Crippen molar-refractivity contribution in [3.63, 3.8) is 0 Å². The van der Waals surface area contributed by atoms with Gasteiger partial charge in [-0.2, -0.15) is 0 Å². The predicted octanol–water partition coefficient (Wildman–Crippen LogP) is 2.97. The first-order chi connectivity index (χ1) is 11.3. The highest BCUT2D eigenvalue weighted by atomic mass is 32.2. The second kappa shape index (κ2) is 7.44. The number of sulfonamides is 1. The molecule has 0 saturated heterocycles. The van der Waals surface area contributed by atoms with Crippen LogP contribution in [0.25, 0.3) is 0 Å². The molecule has 2 aromatic carbocycles. The molecule has 0 heterocycles. The van der Waals surface area contributed by atoms with Gasteiger partial charge in [-0.05, 0) is 37.3 Å². The SMILES string of the molecule is CCOC(=O)c1ccc(N(Cc2ccccc2F)S(C)(=O)=O)cc1. The number of rotatable bonds is 6. The van der Waals surface area contributed by atoms with E-state index in [4.69, 9.17) is 4.74 Å². The van der Waals surface area contributed by atoms with E-state index in [0.717, 1.165) is 10.6 Å². The van der Waals surface area contributed by atoms with E-state index in [1.807, 2.05) is 0 Å². The number of carbonyl (C=O) groups is 1. The Kier molecular flexibility index (Phi) is 5.56. The maximum absolute atomic E-state index is 13.8. The van der Waals surface area contributed by atoms with Gasteiger partial charge in [-0.15, -0.1) is 0 Å². The normalized spacial score (nSPS) is 11.1. The van der Waals surface area contributed by atoms with E-state index < -0.39 is 21.8 Å². The largest absolute Gasteiger partial charge is 0.462 e. The molecule has 2 rings (SSSR count). The molecule has 0 fully saturated rings. The molecule has 24 heavy (non-hydrogen) atoms. The molecule has 5 nitrogen and oxygen atoms in total. The van der Waals surface area contributed by atoms with Crippen molar-refractivity contribution in [3.05, 3.63) is 65.5 Å². The lowest BCUT2D eigenvalue weighted by atomic mass is 10.2. The van der Waals surface area contributed by atoms with E-state index >= 15 is 0 Å². The topological polar surface area (TPSA) is 63.7 Å². The fourth-order valence-electron chi connectivity index (χ4n) is 2.16. The zero-order chi connectivity index (χ0) is 17.7. The van der Waals surface area contributed by atoms with Crippen LogP contribution in [0.3, 0.4) is 0 Å². The van der Waals surface area contributed by atoms with Gasteiger partial charge in [-0.25, -0.2) is 17.6 Å². The summed E-state index contributed by atoms with van der Waals surface area (Å²) in [5, 5.41) is 0. The van der Waals surface area contributed by atoms with E-state index in [0.29, 0.717) is 11.3 Å². The lowest BCUT2D eigenvalue weighted by molar-refractivity contribution is 0.0526. The highest BCUT2D eigenvalue weighted by Crippen LogP contribution is 2.22. The molecule has 128 valence electrons. The molecule has 0 aromatic heterocycles. The third-order valence-electron chi connectivity index (χ3n) is 3.34. The number of anilines is 1. The Balaban J connectivity index is 2.32. The molecule has 0 unspecified atom stereocenters. The van der Waals surface area contributed by atoms with Crippen molar-refractivity contribution >= 4 is 21.7 Å². The molecular weight excluding hydrogens is 333 g/mol. The van der Waals surface area contributed by atoms with Gasteiger partial charge in [0.1, 0.15) is 5.82 Å². The van der Waals surface area contributed by atoms with E-state index in [1.165, 1.54) is 42.5 Å². The Morgan fingerprint density at radius 3 is 2.29 bits per heavy atom. The third-order valence-corrected chi connectivity index (χ3v) is 4.48. The van der Waals surface area contributed by atoms with Crippen LogP contribution in [0.5, 0.6) is 0 Å². The van der Waals surface area contributed by atoms with Gasteiger partial charge in [0.25, 0.3) is 0 Å². The molecule has 0 N–H and O–H groups in total. The standard InChI is InChI=1S/C17H18FNO4S/c1-3-23-17(20)13-8-10-15(11-9-13)19(24(2,21)22)12-14-6-4-5-7-16(14)18/h4-11H,3,12H2,1-2H3. The summed E-state index contributed by atoms with van der Waals surface area (Å²) in [6.07, 6.45) is 1.05. The quantitative estimate of drug-likeness (QED) is 0.751. The van der Waals surface area contributed by atoms with Crippen molar-refractivity contribution in [1.82, 2.24) is 0 Å². The summed E-state index contributed by atoms with van der Waals surface area (Å²) in [6.45, 7) is 1.82. The third kappa shape index (κ3) is 4.32. The average molecular weight is 351 g/mol. The minimum absolute atomic E-state index is 0.135. The van der Waals surface area contributed by atoms with Crippen LogP contribution >= 0.6 is 0 Å². The second-order valence-corrected chi connectivity index (χ2v) is 7.04. The summed E-state index contributed by atoms with van der Waals surface area (Å²) >= 11 is 0. The van der Waals surface area contributed by atoms with Gasteiger partial charge in [0.05, 0.1) is 30.7 Å². The monoisotopic (exact) mass is 351 g/mol. The lowest BCUT2D eigenvalue weighted by Gasteiger charge is -2.23. The number of esters is 1. The number of halogens is 1. The Hall–Kier alpha value is -2.41. The van der Waals surface area contributed by atoms with Crippen LogP contribution in [0.4, 0.5) is 10.1 Å². The zero-order valence-electron chi connectivity index (χ0n) is 13.4. The number of carbonyl (C=O) groups excluding carboxylic acids is 1. The van der Waals surface area contributed by atoms with Gasteiger partial charge in [-0.1, -0.05) is 18.2 Å². The molecule has 0 aliphatic carbocycles. The summed E-state index contributed by atoms with van der Waals surface area (Å²) < 4.78 is 44.0. The maximum Gasteiger partial charge on any atom is 0.338 e. The molecule has 0 bridgehead atoms. The number of benzene rings is 2. The maximum atomic E-state index is 13.8. The zero-order valence-corrected chi connectivity index (χ0v) is 14.2. The fourth-order valence-corrected chi connectivity index (χ4v) is 3.04. The van der Waals surface area contributed by atoms with Gasteiger partial charge in [0.15, 0.2) is 0 Å². The van der Waals surface area contributed by atoms with Crippen LogP contribution in [-0.2, 0) is 21.3 Å². The molecule has 0 radical (unpaired) electrons. The lowest BCUT2D eigenvalue weighted by Crippen LogP contribution is -2.29. The second-order valence-electron chi connectivity index (χ2n) is 5.13. The van der Waals surface area contributed by atoms with Crippen molar-refractivity contribution in [2.45, 2.75) is 13.5 Å². The van der Waals surface area contributed by atoms with Crippen LogP contribution in [0, 0.1) is 5.82 Å². The average Bonchev–Trinajstić information content (AvgIpc) is 2.53. The van der Waals surface area contributed by atoms with E-state index in [2.05, 4.69) is 0 Å². The summed E-state index contributed by atoms with van der Waals surface area (Å²) in [7, 11) is -3.63. The molecule has 0 aliphatic heterocycles. The molecule has 0 aliphatic rings. The Labute approximate surface area is 140 Å². The minimum atomic E-state index is -3.63.